The van der Waals surface area contributed by atoms with Gasteiger partial charge in [-0.05, 0) is 61.4 Å². The second-order valence-corrected chi connectivity index (χ2v) is 5.43. The van der Waals surface area contributed by atoms with Crippen LogP contribution in [0.3, 0.4) is 0 Å². The highest BCUT2D eigenvalue weighted by Crippen LogP contribution is 2.15. The summed E-state index contributed by atoms with van der Waals surface area (Å²) in [5.41, 5.74) is 0.628. The van der Waals surface area contributed by atoms with Crippen molar-refractivity contribution in [2.75, 3.05) is 20.3 Å². The van der Waals surface area contributed by atoms with E-state index in [2.05, 4.69) is 5.32 Å². The summed E-state index contributed by atoms with van der Waals surface area (Å²) in [6.45, 7) is 1.23. The Kier molecular flexibility index (Phi) is 6.76. The number of amides is 1. The maximum atomic E-state index is 11.9. The quantitative estimate of drug-likeness (QED) is 0.744. The molecule has 0 radical (unpaired) electrons. The van der Waals surface area contributed by atoms with Gasteiger partial charge in [0.2, 0.25) is 0 Å². The molecule has 0 bridgehead atoms. The highest BCUT2D eigenvalue weighted by atomic mass is 35.5. The van der Waals surface area contributed by atoms with E-state index in [4.69, 9.17) is 21.1 Å². The van der Waals surface area contributed by atoms with Crippen molar-refractivity contribution in [3.05, 3.63) is 59.1 Å². The number of nitrogens with one attached hydrogen (secondary N) is 1. The molecular weight excluding hydrogens is 314 g/mol. The highest BCUT2D eigenvalue weighted by Gasteiger charge is 2.04. The molecule has 1 N–H and O–H groups in total. The summed E-state index contributed by atoms with van der Waals surface area (Å²) >= 11 is 5.81. The molecule has 4 nitrogen and oxygen atoms in total. The first kappa shape index (κ1) is 17.2. The van der Waals surface area contributed by atoms with E-state index in [1.807, 2.05) is 12.1 Å². The van der Waals surface area contributed by atoms with Crippen LogP contribution >= 0.6 is 11.6 Å². The molecule has 0 spiro atoms. The number of unbranched alkanes of at least 4 members (excludes halogenated alkanes) is 1. The van der Waals surface area contributed by atoms with Gasteiger partial charge in [0.05, 0.1) is 13.7 Å². The summed E-state index contributed by atoms with van der Waals surface area (Å²) in [4.78, 5) is 11.9. The van der Waals surface area contributed by atoms with Gasteiger partial charge in [0.15, 0.2) is 0 Å². The molecule has 1 amide bonds. The zero-order valence-electron chi connectivity index (χ0n) is 13.0. The minimum Gasteiger partial charge on any atom is -0.497 e. The van der Waals surface area contributed by atoms with Crippen molar-refractivity contribution in [1.82, 2.24) is 5.32 Å². The third-order valence-corrected chi connectivity index (χ3v) is 3.54. The maximum Gasteiger partial charge on any atom is 0.251 e. The zero-order valence-corrected chi connectivity index (χ0v) is 13.8. The molecule has 0 aliphatic carbocycles. The number of methoxy groups -OCH3 is 1. The standard InChI is InChI=1S/C18H20ClNO3/c1-22-16-8-4-14(5-9-16)18(21)20-12-2-3-13-23-17-10-6-15(19)7-11-17/h4-11H,2-3,12-13H2,1H3,(H,20,21). The second-order valence-electron chi connectivity index (χ2n) is 4.99. The summed E-state index contributed by atoms with van der Waals surface area (Å²) in [5.74, 6) is 1.46. The van der Waals surface area contributed by atoms with Gasteiger partial charge in [0, 0.05) is 17.1 Å². The number of hydrogen-bond donors (Lipinski definition) is 1. The Morgan fingerprint density at radius 1 is 1.00 bits per heavy atom. The van der Waals surface area contributed by atoms with Crippen molar-refractivity contribution in [1.29, 1.82) is 0 Å². The van der Waals surface area contributed by atoms with Crippen LogP contribution in [-0.4, -0.2) is 26.2 Å². The van der Waals surface area contributed by atoms with Crippen LogP contribution in [0.15, 0.2) is 48.5 Å². The van der Waals surface area contributed by atoms with Gasteiger partial charge in [-0.2, -0.15) is 0 Å². The van der Waals surface area contributed by atoms with E-state index in [1.165, 1.54) is 0 Å². The van der Waals surface area contributed by atoms with Gasteiger partial charge < -0.3 is 14.8 Å². The van der Waals surface area contributed by atoms with E-state index < -0.39 is 0 Å². The van der Waals surface area contributed by atoms with Crippen molar-refractivity contribution in [2.45, 2.75) is 12.8 Å². The molecule has 0 aliphatic rings. The normalized spacial score (nSPS) is 10.2. The molecule has 0 aliphatic heterocycles. The van der Waals surface area contributed by atoms with Crippen LogP contribution in [0.25, 0.3) is 0 Å². The minimum absolute atomic E-state index is 0.0775. The minimum atomic E-state index is -0.0775. The van der Waals surface area contributed by atoms with Crippen molar-refractivity contribution >= 4 is 17.5 Å². The Morgan fingerprint density at radius 3 is 2.30 bits per heavy atom. The molecule has 2 rings (SSSR count). The smallest absolute Gasteiger partial charge is 0.251 e. The van der Waals surface area contributed by atoms with E-state index >= 15 is 0 Å². The van der Waals surface area contributed by atoms with E-state index in [0.29, 0.717) is 23.7 Å². The van der Waals surface area contributed by atoms with Crippen molar-refractivity contribution in [3.63, 3.8) is 0 Å². The molecule has 0 saturated heterocycles. The monoisotopic (exact) mass is 333 g/mol. The number of halogens is 1. The third-order valence-electron chi connectivity index (χ3n) is 3.29. The molecule has 0 aromatic heterocycles. The third kappa shape index (κ3) is 5.83. The Hall–Kier alpha value is -2.20. The van der Waals surface area contributed by atoms with Crippen LogP contribution < -0.4 is 14.8 Å². The van der Waals surface area contributed by atoms with E-state index in [-0.39, 0.29) is 5.91 Å². The average molecular weight is 334 g/mol. The summed E-state index contributed by atoms with van der Waals surface area (Å²) in [6, 6.07) is 14.3. The number of hydrogen-bond acceptors (Lipinski definition) is 3. The van der Waals surface area contributed by atoms with Gasteiger partial charge in [-0.1, -0.05) is 11.6 Å². The van der Waals surface area contributed by atoms with Gasteiger partial charge in [0.25, 0.3) is 5.91 Å². The van der Waals surface area contributed by atoms with Crippen LogP contribution in [0.5, 0.6) is 11.5 Å². The van der Waals surface area contributed by atoms with E-state index in [0.717, 1.165) is 24.3 Å². The molecule has 122 valence electrons. The molecule has 2 aromatic rings. The lowest BCUT2D eigenvalue weighted by atomic mass is 10.2. The predicted octanol–water partition coefficient (Wildman–Crippen LogP) is 3.94. The topological polar surface area (TPSA) is 47.6 Å². The van der Waals surface area contributed by atoms with Gasteiger partial charge in [-0.15, -0.1) is 0 Å². The first-order valence-electron chi connectivity index (χ1n) is 7.49. The number of benzene rings is 2. The van der Waals surface area contributed by atoms with Crippen LogP contribution in [0.2, 0.25) is 5.02 Å². The fourth-order valence-corrected chi connectivity index (χ4v) is 2.12. The molecule has 23 heavy (non-hydrogen) atoms. The van der Waals surface area contributed by atoms with Gasteiger partial charge in [-0.25, -0.2) is 0 Å². The molecule has 0 unspecified atom stereocenters. The predicted molar refractivity (Wildman–Crippen MR) is 91.5 cm³/mol. The number of rotatable bonds is 8. The lowest BCUT2D eigenvalue weighted by molar-refractivity contribution is 0.0952. The molecule has 0 heterocycles. The summed E-state index contributed by atoms with van der Waals surface area (Å²) in [6.07, 6.45) is 1.72. The van der Waals surface area contributed by atoms with Crippen molar-refractivity contribution in [3.8, 4) is 11.5 Å². The molecular formula is C18H20ClNO3. The largest absolute Gasteiger partial charge is 0.497 e. The van der Waals surface area contributed by atoms with Gasteiger partial charge >= 0.3 is 0 Å². The van der Waals surface area contributed by atoms with Gasteiger partial charge in [0.1, 0.15) is 11.5 Å². The molecule has 0 saturated carbocycles. The Balaban J connectivity index is 1.61. The van der Waals surface area contributed by atoms with Crippen LogP contribution in [-0.2, 0) is 0 Å². The maximum absolute atomic E-state index is 11.9. The first-order chi connectivity index (χ1) is 11.2. The van der Waals surface area contributed by atoms with E-state index in [1.54, 1.807) is 43.5 Å². The van der Waals surface area contributed by atoms with Crippen molar-refractivity contribution in [2.24, 2.45) is 0 Å². The first-order valence-corrected chi connectivity index (χ1v) is 7.87. The second kappa shape index (κ2) is 9.06. The fraction of sp³-hybridized carbons (Fsp3) is 0.278. The van der Waals surface area contributed by atoms with Crippen molar-refractivity contribution < 1.29 is 14.3 Å². The Bertz CT molecular complexity index is 611. The molecule has 0 fully saturated rings. The van der Waals surface area contributed by atoms with E-state index in [9.17, 15) is 4.79 Å². The molecule has 5 heteroatoms. The Labute approximate surface area is 141 Å². The fourth-order valence-electron chi connectivity index (χ4n) is 1.99. The van der Waals surface area contributed by atoms with Crippen LogP contribution in [0.1, 0.15) is 23.2 Å². The summed E-state index contributed by atoms with van der Waals surface area (Å²) in [5, 5.41) is 3.58. The van der Waals surface area contributed by atoms with Crippen LogP contribution in [0, 0.1) is 0 Å². The summed E-state index contributed by atoms with van der Waals surface area (Å²) in [7, 11) is 1.60. The number of carbonyl (C=O) groups excluding carboxylic acids is 1. The highest BCUT2D eigenvalue weighted by molar-refractivity contribution is 6.30. The number of carbonyl (C=O) groups is 1. The van der Waals surface area contributed by atoms with Gasteiger partial charge in [-0.3, -0.25) is 4.79 Å². The SMILES string of the molecule is COc1ccc(C(=O)NCCCCOc2ccc(Cl)cc2)cc1. The zero-order chi connectivity index (χ0) is 16.5. The number of ether oxygens (including phenoxy) is 2. The lowest BCUT2D eigenvalue weighted by Gasteiger charge is -2.08. The molecule has 2 aromatic carbocycles. The summed E-state index contributed by atoms with van der Waals surface area (Å²) < 4.78 is 10.7. The lowest BCUT2D eigenvalue weighted by Crippen LogP contribution is -2.24. The van der Waals surface area contributed by atoms with Crippen LogP contribution in [0.4, 0.5) is 0 Å². The average Bonchev–Trinajstić information content (AvgIpc) is 2.59. The molecule has 0 atom stereocenters. The Morgan fingerprint density at radius 2 is 1.65 bits per heavy atom.